The molecule has 2 heterocycles. The van der Waals surface area contributed by atoms with Gasteiger partial charge in [-0.2, -0.15) is 0 Å². The van der Waals surface area contributed by atoms with Crippen LogP contribution >= 0.6 is 11.6 Å². The maximum absolute atomic E-state index is 13.6. The van der Waals surface area contributed by atoms with Crippen molar-refractivity contribution in [3.8, 4) is 0 Å². The molecule has 1 amide bonds. The zero-order valence-electron chi connectivity index (χ0n) is 15.8. The molecule has 0 atom stereocenters. The van der Waals surface area contributed by atoms with Crippen molar-refractivity contribution in [1.29, 1.82) is 0 Å². The lowest BCUT2D eigenvalue weighted by Crippen LogP contribution is -2.41. The van der Waals surface area contributed by atoms with Crippen molar-refractivity contribution in [3.63, 3.8) is 0 Å². The number of para-hydroxylation sites is 1. The second kappa shape index (κ2) is 7.46. The standard InChI is InChI=1S/C21H20ClFN2O3S/c1-14-8-10-24(11-9-14)21(26)20-13-25(15-6-7-17(23)16(22)12-15)18-4-2-3-5-19(18)29(20,27)28/h2-7,12-14H,8-11H2,1H3. The van der Waals surface area contributed by atoms with Gasteiger partial charge in [-0.1, -0.05) is 30.7 Å². The van der Waals surface area contributed by atoms with Gasteiger partial charge in [0.2, 0.25) is 9.84 Å². The molecule has 0 aromatic heterocycles. The van der Waals surface area contributed by atoms with Crippen molar-refractivity contribution in [2.75, 3.05) is 18.0 Å². The minimum atomic E-state index is -3.98. The highest BCUT2D eigenvalue weighted by atomic mass is 35.5. The molecule has 1 saturated heterocycles. The average Bonchev–Trinajstić information content (AvgIpc) is 2.70. The van der Waals surface area contributed by atoms with Gasteiger partial charge in [0.25, 0.3) is 5.91 Å². The van der Waals surface area contributed by atoms with Gasteiger partial charge in [-0.3, -0.25) is 4.79 Å². The first-order valence-electron chi connectivity index (χ1n) is 9.38. The lowest BCUT2D eigenvalue weighted by Gasteiger charge is -2.33. The molecular formula is C21H20ClFN2O3S. The number of fused-ring (bicyclic) bond motifs is 1. The molecule has 8 heteroatoms. The Morgan fingerprint density at radius 3 is 2.52 bits per heavy atom. The van der Waals surface area contributed by atoms with Gasteiger partial charge < -0.3 is 9.80 Å². The quantitative estimate of drug-likeness (QED) is 0.698. The van der Waals surface area contributed by atoms with Crippen molar-refractivity contribution in [2.45, 2.75) is 24.7 Å². The van der Waals surface area contributed by atoms with Crippen LogP contribution < -0.4 is 4.90 Å². The van der Waals surface area contributed by atoms with E-state index in [-0.39, 0.29) is 14.8 Å². The summed E-state index contributed by atoms with van der Waals surface area (Å²) in [4.78, 5) is 16.1. The number of rotatable bonds is 2. The monoisotopic (exact) mass is 434 g/mol. The molecule has 0 unspecified atom stereocenters. The van der Waals surface area contributed by atoms with E-state index in [0.29, 0.717) is 30.4 Å². The van der Waals surface area contributed by atoms with E-state index in [0.717, 1.165) is 12.8 Å². The van der Waals surface area contributed by atoms with Crippen LogP contribution in [0.5, 0.6) is 0 Å². The molecule has 2 aromatic carbocycles. The predicted octanol–water partition coefficient (Wildman–Crippen LogP) is 4.50. The van der Waals surface area contributed by atoms with Crippen LogP contribution in [0.4, 0.5) is 15.8 Å². The van der Waals surface area contributed by atoms with Gasteiger partial charge >= 0.3 is 0 Å². The third-order valence-electron chi connectivity index (χ3n) is 5.41. The molecule has 0 N–H and O–H groups in total. The molecule has 1 fully saturated rings. The first-order valence-corrected chi connectivity index (χ1v) is 11.2. The van der Waals surface area contributed by atoms with Crippen LogP contribution in [-0.4, -0.2) is 32.3 Å². The molecule has 4 rings (SSSR count). The molecule has 0 saturated carbocycles. The Morgan fingerprint density at radius 1 is 1.14 bits per heavy atom. The van der Waals surface area contributed by atoms with E-state index in [1.165, 1.54) is 30.5 Å². The van der Waals surface area contributed by atoms with Crippen molar-refractivity contribution in [2.24, 2.45) is 5.92 Å². The van der Waals surface area contributed by atoms with E-state index in [2.05, 4.69) is 6.92 Å². The lowest BCUT2D eigenvalue weighted by molar-refractivity contribution is -0.127. The molecular weight excluding hydrogens is 415 g/mol. The number of halogens is 2. The fraction of sp³-hybridized carbons (Fsp3) is 0.286. The average molecular weight is 435 g/mol. The van der Waals surface area contributed by atoms with E-state index >= 15 is 0 Å². The largest absolute Gasteiger partial charge is 0.338 e. The summed E-state index contributed by atoms with van der Waals surface area (Å²) >= 11 is 5.93. The molecule has 5 nitrogen and oxygen atoms in total. The van der Waals surface area contributed by atoms with E-state index < -0.39 is 21.6 Å². The number of amides is 1. The van der Waals surface area contributed by atoms with Crippen LogP contribution in [-0.2, 0) is 14.6 Å². The summed E-state index contributed by atoms with van der Waals surface area (Å²) in [7, 11) is -3.98. The Hall–Kier alpha value is -2.38. The summed E-state index contributed by atoms with van der Waals surface area (Å²) in [6.45, 7) is 3.17. The zero-order chi connectivity index (χ0) is 20.8. The first kappa shape index (κ1) is 19.9. The highest BCUT2D eigenvalue weighted by Gasteiger charge is 2.38. The second-order valence-corrected chi connectivity index (χ2v) is 9.70. The first-order chi connectivity index (χ1) is 13.8. The third kappa shape index (κ3) is 3.53. The Labute approximate surface area is 174 Å². The molecule has 2 aromatic rings. The summed E-state index contributed by atoms with van der Waals surface area (Å²) in [6, 6.07) is 10.6. The molecule has 29 heavy (non-hydrogen) atoms. The molecule has 152 valence electrons. The third-order valence-corrected chi connectivity index (χ3v) is 7.49. The number of hydrogen-bond donors (Lipinski definition) is 0. The van der Waals surface area contributed by atoms with Gasteiger partial charge in [-0.25, -0.2) is 12.8 Å². The van der Waals surface area contributed by atoms with Gasteiger partial charge in [0.15, 0.2) is 4.91 Å². The Morgan fingerprint density at radius 2 is 1.83 bits per heavy atom. The molecule has 2 aliphatic heterocycles. The van der Waals surface area contributed by atoms with Crippen LogP contribution in [0.1, 0.15) is 19.8 Å². The highest BCUT2D eigenvalue weighted by molar-refractivity contribution is 7.96. The summed E-state index contributed by atoms with van der Waals surface area (Å²) in [5.41, 5.74) is 0.857. The van der Waals surface area contributed by atoms with E-state index in [1.807, 2.05) is 0 Å². The van der Waals surface area contributed by atoms with Crippen molar-refractivity contribution in [3.05, 3.63) is 64.4 Å². The Kier molecular flexibility index (Phi) is 5.12. The number of hydrogen-bond acceptors (Lipinski definition) is 4. The molecule has 0 radical (unpaired) electrons. The van der Waals surface area contributed by atoms with Crippen LogP contribution in [0.3, 0.4) is 0 Å². The summed E-state index contributed by atoms with van der Waals surface area (Å²) in [6.07, 6.45) is 3.00. The summed E-state index contributed by atoms with van der Waals surface area (Å²) in [5.74, 6) is -0.574. The minimum absolute atomic E-state index is 0.0386. The molecule has 2 aliphatic rings. The number of sulfone groups is 1. The number of likely N-dealkylation sites (tertiary alicyclic amines) is 1. The molecule has 0 bridgehead atoms. The zero-order valence-corrected chi connectivity index (χ0v) is 17.4. The SMILES string of the molecule is CC1CCN(C(=O)C2=CN(c3ccc(F)c(Cl)c3)c3ccccc3S2(=O)=O)CC1. The Bertz CT molecular complexity index is 1110. The van der Waals surface area contributed by atoms with Crippen molar-refractivity contribution >= 4 is 38.7 Å². The number of nitrogens with zero attached hydrogens (tertiary/aromatic N) is 2. The maximum Gasteiger partial charge on any atom is 0.267 e. The summed E-state index contributed by atoms with van der Waals surface area (Å²) < 4.78 is 40.1. The van der Waals surface area contributed by atoms with Crippen molar-refractivity contribution in [1.82, 2.24) is 4.90 Å². The van der Waals surface area contributed by atoms with Crippen LogP contribution in [0.25, 0.3) is 0 Å². The fourth-order valence-corrected chi connectivity index (χ4v) is 5.36. The van der Waals surface area contributed by atoms with Gasteiger partial charge in [0.1, 0.15) is 5.82 Å². The fourth-order valence-electron chi connectivity index (χ4n) is 3.64. The second-order valence-electron chi connectivity index (χ2n) is 7.41. The number of piperidine rings is 1. The number of carbonyl (C=O) groups is 1. The smallest absolute Gasteiger partial charge is 0.267 e. The van der Waals surface area contributed by atoms with Crippen LogP contribution in [0.15, 0.2) is 58.5 Å². The van der Waals surface area contributed by atoms with Gasteiger partial charge in [0, 0.05) is 25.0 Å². The van der Waals surface area contributed by atoms with Crippen molar-refractivity contribution < 1.29 is 17.6 Å². The Balaban J connectivity index is 1.82. The number of benzene rings is 2. The van der Waals surface area contributed by atoms with Crippen LogP contribution in [0.2, 0.25) is 5.02 Å². The van der Waals surface area contributed by atoms with E-state index in [9.17, 15) is 17.6 Å². The van der Waals surface area contributed by atoms with Crippen LogP contribution in [0, 0.1) is 11.7 Å². The topological polar surface area (TPSA) is 57.7 Å². The minimum Gasteiger partial charge on any atom is -0.338 e. The van der Waals surface area contributed by atoms with E-state index in [1.54, 1.807) is 28.0 Å². The number of carbonyl (C=O) groups excluding carboxylic acids is 1. The molecule has 0 spiro atoms. The predicted molar refractivity (Wildman–Crippen MR) is 110 cm³/mol. The highest BCUT2D eigenvalue weighted by Crippen LogP contribution is 2.40. The van der Waals surface area contributed by atoms with E-state index in [4.69, 9.17) is 11.6 Å². The number of anilines is 2. The molecule has 0 aliphatic carbocycles. The summed E-state index contributed by atoms with van der Waals surface area (Å²) in [5, 5.41) is -0.0836. The lowest BCUT2D eigenvalue weighted by atomic mass is 9.99. The normalized spacial score (nSPS) is 18.9. The van der Waals surface area contributed by atoms with Gasteiger partial charge in [-0.15, -0.1) is 0 Å². The van der Waals surface area contributed by atoms with Gasteiger partial charge in [-0.05, 0) is 49.1 Å². The maximum atomic E-state index is 13.6. The van der Waals surface area contributed by atoms with Gasteiger partial charge in [0.05, 0.1) is 15.6 Å².